The molecule has 2 fully saturated rings. The van der Waals surface area contributed by atoms with E-state index < -0.39 is 0 Å². The van der Waals surface area contributed by atoms with Crippen LogP contribution in [0.25, 0.3) is 0 Å². The quantitative estimate of drug-likeness (QED) is 0.724. The molecule has 2 aromatic rings. The third kappa shape index (κ3) is 4.92. The number of hydrazine groups is 1. The highest BCUT2D eigenvalue weighted by Crippen LogP contribution is 2.26. The summed E-state index contributed by atoms with van der Waals surface area (Å²) in [6.07, 6.45) is 3.78. The number of nitrogens with one attached hydrogen (secondary N) is 3. The van der Waals surface area contributed by atoms with E-state index in [2.05, 4.69) is 33.2 Å². The maximum Gasteiger partial charge on any atom is 0.224 e. The van der Waals surface area contributed by atoms with Crippen LogP contribution in [0.5, 0.6) is 0 Å². The third-order valence-electron chi connectivity index (χ3n) is 5.70. The van der Waals surface area contributed by atoms with Crippen LogP contribution in [-0.4, -0.2) is 36.1 Å². The van der Waals surface area contributed by atoms with Crippen molar-refractivity contribution in [3.05, 3.63) is 70.7 Å². The number of benzene rings is 2. The summed E-state index contributed by atoms with van der Waals surface area (Å²) in [4.78, 5) is 14.8. The second-order valence-corrected chi connectivity index (χ2v) is 8.12. The molecule has 148 valence electrons. The summed E-state index contributed by atoms with van der Waals surface area (Å²) in [5, 5.41) is 3.97. The fraction of sp³-hybridized carbons (Fsp3) is 0.409. The molecule has 0 aromatic heterocycles. The summed E-state index contributed by atoms with van der Waals surface area (Å²) in [6, 6.07) is 18.5. The van der Waals surface area contributed by atoms with E-state index in [0.29, 0.717) is 18.6 Å². The van der Waals surface area contributed by atoms with Crippen molar-refractivity contribution in [2.24, 2.45) is 0 Å². The van der Waals surface area contributed by atoms with Crippen molar-refractivity contribution in [2.75, 3.05) is 13.1 Å². The van der Waals surface area contributed by atoms with Gasteiger partial charge in [-0.2, -0.15) is 0 Å². The van der Waals surface area contributed by atoms with Gasteiger partial charge in [0.1, 0.15) is 0 Å². The monoisotopic (exact) mass is 398 g/mol. The summed E-state index contributed by atoms with van der Waals surface area (Å²) >= 11 is 5.99. The van der Waals surface area contributed by atoms with Crippen molar-refractivity contribution in [1.29, 1.82) is 0 Å². The number of carbonyl (C=O) groups excluding carboxylic acids is 1. The van der Waals surface area contributed by atoms with Crippen LogP contribution in [0.2, 0.25) is 5.02 Å². The lowest BCUT2D eigenvalue weighted by atomic mass is 10.0. The van der Waals surface area contributed by atoms with Crippen LogP contribution in [0.15, 0.2) is 54.6 Å². The van der Waals surface area contributed by atoms with Gasteiger partial charge in [0, 0.05) is 30.2 Å². The molecule has 5 nitrogen and oxygen atoms in total. The number of piperidine rings is 1. The van der Waals surface area contributed by atoms with Gasteiger partial charge in [0.15, 0.2) is 0 Å². The molecule has 2 aliphatic rings. The largest absolute Gasteiger partial charge is 0.353 e. The number of halogens is 1. The van der Waals surface area contributed by atoms with Gasteiger partial charge in [0.25, 0.3) is 0 Å². The first-order chi connectivity index (χ1) is 13.7. The van der Waals surface area contributed by atoms with Gasteiger partial charge in [-0.1, -0.05) is 54.1 Å². The molecule has 2 atom stereocenters. The molecule has 0 spiro atoms. The number of carbonyl (C=O) groups is 1. The Kier molecular flexibility index (Phi) is 6.27. The molecule has 2 unspecified atom stereocenters. The van der Waals surface area contributed by atoms with Gasteiger partial charge in [0.2, 0.25) is 5.91 Å². The molecule has 0 aliphatic carbocycles. The zero-order valence-electron chi connectivity index (χ0n) is 15.9. The fourth-order valence-electron chi connectivity index (χ4n) is 4.11. The Morgan fingerprint density at radius 2 is 1.75 bits per heavy atom. The van der Waals surface area contributed by atoms with Crippen LogP contribution in [0.4, 0.5) is 0 Å². The summed E-state index contributed by atoms with van der Waals surface area (Å²) in [5.74, 6) is 0.119. The van der Waals surface area contributed by atoms with E-state index in [1.807, 2.05) is 42.5 Å². The SMILES string of the molecule is O=C(Cc1ccccc1)NC1CCN(C2CC(c3ccc(Cl)cc3)NN2)CC1. The normalized spacial score (nSPS) is 23.6. The van der Waals surface area contributed by atoms with Gasteiger partial charge in [0.05, 0.1) is 12.6 Å². The lowest BCUT2D eigenvalue weighted by Gasteiger charge is -2.35. The first-order valence-corrected chi connectivity index (χ1v) is 10.4. The lowest BCUT2D eigenvalue weighted by molar-refractivity contribution is -0.121. The Balaban J connectivity index is 1.22. The van der Waals surface area contributed by atoms with E-state index >= 15 is 0 Å². The first kappa shape index (κ1) is 19.4. The van der Waals surface area contributed by atoms with E-state index in [0.717, 1.165) is 42.9 Å². The van der Waals surface area contributed by atoms with Crippen LogP contribution in [0.3, 0.4) is 0 Å². The summed E-state index contributed by atoms with van der Waals surface area (Å²) < 4.78 is 0. The molecule has 2 saturated heterocycles. The van der Waals surface area contributed by atoms with E-state index in [1.54, 1.807) is 0 Å². The Morgan fingerprint density at radius 3 is 2.46 bits per heavy atom. The average molecular weight is 399 g/mol. The van der Waals surface area contributed by atoms with Gasteiger partial charge >= 0.3 is 0 Å². The first-order valence-electron chi connectivity index (χ1n) is 10.0. The van der Waals surface area contributed by atoms with Crippen molar-refractivity contribution < 1.29 is 4.79 Å². The molecule has 1 amide bonds. The summed E-state index contributed by atoms with van der Waals surface area (Å²) in [6.45, 7) is 1.98. The van der Waals surface area contributed by atoms with Crippen LogP contribution in [0, 0.1) is 0 Å². The zero-order chi connectivity index (χ0) is 19.3. The minimum Gasteiger partial charge on any atom is -0.353 e. The highest BCUT2D eigenvalue weighted by Gasteiger charge is 2.32. The predicted octanol–water partition coefficient (Wildman–Crippen LogP) is 3.03. The van der Waals surface area contributed by atoms with E-state index in [4.69, 9.17) is 11.6 Å². The second kappa shape index (κ2) is 9.05. The third-order valence-corrected chi connectivity index (χ3v) is 5.95. The zero-order valence-corrected chi connectivity index (χ0v) is 16.7. The molecule has 2 heterocycles. The van der Waals surface area contributed by atoms with Crippen molar-refractivity contribution in [2.45, 2.75) is 43.9 Å². The molecular weight excluding hydrogens is 372 g/mol. The molecule has 6 heteroatoms. The maximum absolute atomic E-state index is 12.3. The molecule has 0 bridgehead atoms. The standard InChI is InChI=1S/C22H27ClN4O/c23-18-8-6-17(7-9-18)20-15-21(26-25-20)27-12-10-19(11-13-27)24-22(28)14-16-4-2-1-3-5-16/h1-9,19-21,25-26H,10-15H2,(H,24,28). The lowest BCUT2D eigenvalue weighted by Crippen LogP contribution is -2.51. The summed E-state index contributed by atoms with van der Waals surface area (Å²) in [7, 11) is 0. The number of nitrogens with zero attached hydrogens (tertiary/aromatic N) is 1. The number of hydrogen-bond donors (Lipinski definition) is 3. The van der Waals surface area contributed by atoms with Crippen molar-refractivity contribution in [3.63, 3.8) is 0 Å². The van der Waals surface area contributed by atoms with Crippen LogP contribution < -0.4 is 16.2 Å². The predicted molar refractivity (Wildman–Crippen MR) is 112 cm³/mol. The Hall–Kier alpha value is -1.92. The highest BCUT2D eigenvalue weighted by atomic mass is 35.5. The Morgan fingerprint density at radius 1 is 1.04 bits per heavy atom. The number of likely N-dealkylation sites (tertiary alicyclic amines) is 1. The highest BCUT2D eigenvalue weighted by molar-refractivity contribution is 6.30. The smallest absolute Gasteiger partial charge is 0.224 e. The van der Waals surface area contributed by atoms with Crippen LogP contribution >= 0.6 is 11.6 Å². The fourth-order valence-corrected chi connectivity index (χ4v) is 4.23. The van der Waals surface area contributed by atoms with E-state index in [1.165, 1.54) is 5.56 Å². The van der Waals surface area contributed by atoms with E-state index in [9.17, 15) is 4.79 Å². The minimum atomic E-state index is 0.119. The Bertz CT molecular complexity index is 775. The number of hydrogen-bond acceptors (Lipinski definition) is 4. The molecule has 2 aliphatic heterocycles. The minimum absolute atomic E-state index is 0.119. The van der Waals surface area contributed by atoms with Crippen molar-refractivity contribution in [3.8, 4) is 0 Å². The van der Waals surface area contributed by atoms with Gasteiger partial charge in [-0.3, -0.25) is 9.69 Å². The number of rotatable bonds is 5. The molecule has 4 rings (SSSR count). The molecule has 0 saturated carbocycles. The van der Waals surface area contributed by atoms with Crippen LogP contribution in [0.1, 0.15) is 36.4 Å². The van der Waals surface area contributed by atoms with Gasteiger partial charge in [-0.15, -0.1) is 0 Å². The Labute approximate surface area is 171 Å². The average Bonchev–Trinajstić information content (AvgIpc) is 3.20. The summed E-state index contributed by atoms with van der Waals surface area (Å²) in [5.41, 5.74) is 9.15. The van der Waals surface area contributed by atoms with Crippen molar-refractivity contribution in [1.82, 2.24) is 21.1 Å². The molecule has 2 aromatic carbocycles. The molecule has 3 N–H and O–H groups in total. The number of amides is 1. The van der Waals surface area contributed by atoms with Gasteiger partial charge in [-0.25, -0.2) is 10.9 Å². The maximum atomic E-state index is 12.3. The van der Waals surface area contributed by atoms with E-state index in [-0.39, 0.29) is 11.9 Å². The topological polar surface area (TPSA) is 56.4 Å². The van der Waals surface area contributed by atoms with Gasteiger partial charge in [-0.05, 0) is 42.5 Å². The van der Waals surface area contributed by atoms with Crippen LogP contribution in [-0.2, 0) is 11.2 Å². The van der Waals surface area contributed by atoms with Gasteiger partial charge < -0.3 is 5.32 Å². The molecule has 0 radical (unpaired) electrons. The molecular formula is C22H27ClN4O. The molecule has 28 heavy (non-hydrogen) atoms. The second-order valence-electron chi connectivity index (χ2n) is 7.68. The van der Waals surface area contributed by atoms with Crippen molar-refractivity contribution >= 4 is 17.5 Å².